The molecule has 0 aliphatic rings. The lowest BCUT2D eigenvalue weighted by Crippen LogP contribution is -2.37. The predicted molar refractivity (Wildman–Crippen MR) is 71.9 cm³/mol. The normalized spacial score (nSPS) is 14.5. The quantitative estimate of drug-likeness (QED) is 0.400. The van der Waals surface area contributed by atoms with Gasteiger partial charge in [0, 0.05) is 24.3 Å². The maximum absolute atomic E-state index is 12.5. The lowest BCUT2D eigenvalue weighted by Gasteiger charge is -2.20. The summed E-state index contributed by atoms with van der Waals surface area (Å²) in [5, 5.41) is 9.37. The van der Waals surface area contributed by atoms with E-state index in [4.69, 9.17) is 0 Å². The van der Waals surface area contributed by atoms with Crippen LogP contribution in [0.4, 0.5) is 43.9 Å². The number of rotatable bonds is 10. The van der Waals surface area contributed by atoms with Crippen molar-refractivity contribution in [3.63, 3.8) is 0 Å². The number of alkyl halides is 10. The molecule has 0 unspecified atom stereocenters. The van der Waals surface area contributed by atoms with Crippen molar-refractivity contribution in [3.8, 4) is 0 Å². The molecule has 0 spiro atoms. The molecule has 0 amide bonds. The third-order valence-corrected chi connectivity index (χ3v) is 4.80. The highest BCUT2D eigenvalue weighted by Crippen LogP contribution is 2.39. The number of halogens is 10. The molecule has 0 aliphatic carbocycles. The highest BCUT2D eigenvalue weighted by molar-refractivity contribution is 8.00. The second kappa shape index (κ2) is 9.06. The average molecular weight is 416 g/mol. The molecular formula is C11H14F10OS2. The van der Waals surface area contributed by atoms with Gasteiger partial charge in [-0.05, 0) is 11.5 Å². The molecule has 13 heteroatoms. The van der Waals surface area contributed by atoms with E-state index in [0.29, 0.717) is 23.5 Å². The topological polar surface area (TPSA) is 20.2 Å². The fraction of sp³-hybridized carbons (Fsp3) is 1.00. The number of aliphatic hydroxyl groups is 1. The molecule has 0 bridgehead atoms. The fourth-order valence-electron chi connectivity index (χ4n) is 1.17. The van der Waals surface area contributed by atoms with E-state index in [1.165, 1.54) is 0 Å². The minimum absolute atomic E-state index is 0.239. The van der Waals surface area contributed by atoms with Gasteiger partial charge in [-0.3, -0.25) is 0 Å². The molecule has 0 aliphatic heterocycles. The smallest absolute Gasteiger partial charge is 0.391 e. The molecule has 0 aromatic heterocycles. The highest BCUT2D eigenvalue weighted by atomic mass is 32.2. The number of thioether (sulfide) groups is 2. The third-order valence-electron chi connectivity index (χ3n) is 2.57. The van der Waals surface area contributed by atoms with Gasteiger partial charge < -0.3 is 5.11 Å². The zero-order chi connectivity index (χ0) is 19.2. The Hall–Kier alpha value is -0.0400. The first-order chi connectivity index (χ1) is 10.6. The number of hydrogen-bond acceptors (Lipinski definition) is 3. The van der Waals surface area contributed by atoms with Crippen LogP contribution in [0.2, 0.25) is 0 Å². The minimum Gasteiger partial charge on any atom is -0.391 e. The third kappa shape index (κ3) is 8.37. The van der Waals surface area contributed by atoms with Crippen LogP contribution in [0.3, 0.4) is 0 Å². The second-order valence-electron chi connectivity index (χ2n) is 4.71. The predicted octanol–water partition coefficient (Wildman–Crippen LogP) is 4.99. The summed E-state index contributed by atoms with van der Waals surface area (Å²) in [5.74, 6) is -11.4. The number of hydrogen-bond donors (Lipinski definition) is 1. The first-order valence-electron chi connectivity index (χ1n) is 6.33. The van der Waals surface area contributed by atoms with Crippen molar-refractivity contribution in [1.29, 1.82) is 0 Å². The molecule has 24 heavy (non-hydrogen) atoms. The van der Waals surface area contributed by atoms with E-state index in [1.54, 1.807) is 0 Å². The molecule has 146 valence electrons. The molecule has 0 saturated carbocycles. The Morgan fingerprint density at radius 1 is 0.625 bits per heavy atom. The van der Waals surface area contributed by atoms with Gasteiger partial charge in [-0.2, -0.15) is 67.4 Å². The molecule has 0 saturated heterocycles. The average Bonchev–Trinajstić information content (AvgIpc) is 2.37. The van der Waals surface area contributed by atoms with Crippen LogP contribution in [0.25, 0.3) is 0 Å². The van der Waals surface area contributed by atoms with Crippen LogP contribution < -0.4 is 0 Å². The van der Waals surface area contributed by atoms with E-state index in [2.05, 4.69) is 0 Å². The van der Waals surface area contributed by atoms with Crippen molar-refractivity contribution in [1.82, 2.24) is 0 Å². The zero-order valence-electron chi connectivity index (χ0n) is 11.9. The summed E-state index contributed by atoms with van der Waals surface area (Å²) in [6.07, 6.45) is -15.5. The Labute approximate surface area is 139 Å². The van der Waals surface area contributed by atoms with Crippen LogP contribution in [0.5, 0.6) is 0 Å². The Kier molecular flexibility index (Phi) is 9.04. The first kappa shape index (κ1) is 24.0. The molecule has 1 N–H and O–H groups in total. The lowest BCUT2D eigenvalue weighted by atomic mass is 10.2. The van der Waals surface area contributed by atoms with E-state index in [0.717, 1.165) is 0 Å². The van der Waals surface area contributed by atoms with E-state index in [9.17, 15) is 49.0 Å². The van der Waals surface area contributed by atoms with Crippen molar-refractivity contribution < 1.29 is 49.0 Å². The van der Waals surface area contributed by atoms with Crippen molar-refractivity contribution in [2.45, 2.75) is 43.1 Å². The molecule has 0 atom stereocenters. The summed E-state index contributed by atoms with van der Waals surface area (Å²) >= 11 is 1.20. The molecule has 0 aromatic carbocycles. The largest absolute Gasteiger partial charge is 0.453 e. The minimum atomic E-state index is -5.66. The van der Waals surface area contributed by atoms with Crippen LogP contribution in [-0.2, 0) is 0 Å². The van der Waals surface area contributed by atoms with Crippen LogP contribution in [0.1, 0.15) is 12.8 Å². The molecule has 0 fully saturated rings. The van der Waals surface area contributed by atoms with E-state index in [-0.39, 0.29) is 11.5 Å². The van der Waals surface area contributed by atoms with Crippen molar-refractivity contribution in [3.05, 3.63) is 0 Å². The summed E-state index contributed by atoms with van der Waals surface area (Å²) in [4.78, 5) is 0. The Bertz CT molecular complexity index is 335. The Morgan fingerprint density at radius 2 is 0.917 bits per heavy atom. The fourth-order valence-corrected chi connectivity index (χ4v) is 3.23. The lowest BCUT2D eigenvalue weighted by molar-refractivity contribution is -0.282. The van der Waals surface area contributed by atoms with Gasteiger partial charge in [0.1, 0.15) is 0 Å². The van der Waals surface area contributed by atoms with Gasteiger partial charge in [-0.1, -0.05) is 0 Å². The standard InChI is InChI=1S/C11H14F10OS2/c12-8(13,10(16,17)18)1-3-23-5-7(22)6-24-4-2-9(14,15)11(19,20)21/h7,22H,1-6H2. The zero-order valence-corrected chi connectivity index (χ0v) is 13.5. The van der Waals surface area contributed by atoms with Crippen LogP contribution in [-0.4, -0.2) is 58.4 Å². The number of aliphatic hydroxyl groups excluding tert-OH is 1. The summed E-state index contributed by atoms with van der Waals surface area (Å²) in [6, 6.07) is 0. The van der Waals surface area contributed by atoms with Gasteiger partial charge >= 0.3 is 24.2 Å². The van der Waals surface area contributed by atoms with Crippen molar-refractivity contribution >= 4 is 23.5 Å². The van der Waals surface area contributed by atoms with Gasteiger partial charge in [0.15, 0.2) is 0 Å². The van der Waals surface area contributed by atoms with Crippen LogP contribution in [0, 0.1) is 0 Å². The summed E-state index contributed by atoms with van der Waals surface area (Å²) in [5.41, 5.74) is 0. The maximum Gasteiger partial charge on any atom is 0.453 e. The van der Waals surface area contributed by atoms with Crippen molar-refractivity contribution in [2.75, 3.05) is 23.0 Å². The molecule has 0 rings (SSSR count). The SMILES string of the molecule is OC(CSCCC(F)(F)C(F)(F)F)CSCCC(F)(F)C(F)(F)F. The molecule has 0 aromatic rings. The van der Waals surface area contributed by atoms with E-state index >= 15 is 0 Å². The van der Waals surface area contributed by atoms with Gasteiger partial charge in [0.2, 0.25) is 0 Å². The monoisotopic (exact) mass is 416 g/mol. The highest BCUT2D eigenvalue weighted by Gasteiger charge is 2.57. The second-order valence-corrected chi connectivity index (χ2v) is 7.01. The summed E-state index contributed by atoms with van der Waals surface area (Å²) < 4.78 is 121. The molecule has 1 nitrogen and oxygen atoms in total. The molecule has 0 radical (unpaired) electrons. The van der Waals surface area contributed by atoms with Gasteiger partial charge in [-0.15, -0.1) is 0 Å². The van der Waals surface area contributed by atoms with Crippen LogP contribution in [0.15, 0.2) is 0 Å². The van der Waals surface area contributed by atoms with E-state index < -0.39 is 54.6 Å². The first-order valence-corrected chi connectivity index (χ1v) is 8.64. The molecule has 0 heterocycles. The van der Waals surface area contributed by atoms with Gasteiger partial charge in [0.05, 0.1) is 6.10 Å². The van der Waals surface area contributed by atoms with Gasteiger partial charge in [-0.25, -0.2) is 0 Å². The van der Waals surface area contributed by atoms with Crippen molar-refractivity contribution in [2.24, 2.45) is 0 Å². The van der Waals surface area contributed by atoms with Gasteiger partial charge in [0.25, 0.3) is 0 Å². The molecular weight excluding hydrogens is 402 g/mol. The maximum atomic E-state index is 12.5. The summed E-state index contributed by atoms with van der Waals surface area (Å²) in [6.45, 7) is 0. The Balaban J connectivity index is 3.88. The van der Waals surface area contributed by atoms with E-state index in [1.807, 2.05) is 0 Å². The summed E-state index contributed by atoms with van der Waals surface area (Å²) in [7, 11) is 0. The van der Waals surface area contributed by atoms with Crippen LogP contribution >= 0.6 is 23.5 Å². The Morgan fingerprint density at radius 3 is 1.17 bits per heavy atom.